The summed E-state index contributed by atoms with van der Waals surface area (Å²) < 4.78 is 39.6. The first-order valence-electron chi connectivity index (χ1n) is 11.5. The molecule has 0 radical (unpaired) electrons. The van der Waals surface area contributed by atoms with Gasteiger partial charge >= 0.3 is 0 Å². The van der Waals surface area contributed by atoms with Gasteiger partial charge < -0.3 is 19.7 Å². The van der Waals surface area contributed by atoms with Crippen molar-refractivity contribution >= 4 is 27.5 Å². The first-order valence-corrected chi connectivity index (χ1v) is 12.9. The smallest absolute Gasteiger partial charge is 0.286 e. The van der Waals surface area contributed by atoms with Crippen LogP contribution in [0.15, 0.2) is 51.8 Å². The normalized spacial score (nSPS) is 19.7. The van der Waals surface area contributed by atoms with Crippen molar-refractivity contribution in [2.24, 2.45) is 10.3 Å². The molecule has 1 N–H and O–H groups in total. The molecule has 0 aliphatic carbocycles. The molecule has 1 saturated heterocycles. The fraction of sp³-hybridized carbons (Fsp3) is 0.417. The fourth-order valence-electron chi connectivity index (χ4n) is 4.54. The van der Waals surface area contributed by atoms with Crippen LogP contribution in [-0.4, -0.2) is 62.9 Å². The van der Waals surface area contributed by atoms with Gasteiger partial charge in [-0.3, -0.25) is 9.69 Å². The molecular weight excluding hydrogens is 456 g/mol. The standard InChI is InChI=1S/C24H28N4O5S/c1-17(12-23-25-19-4-2-3-5-22(19)34(30,31)26-23)13-24(29)28-10-8-27(9-11-28)15-18-6-7-20-21(14-18)33-16-32-20/h2-7,14,17H,8-13,15-16H2,1H3,(H,25,26)/t17-/m0/s1. The van der Waals surface area contributed by atoms with Crippen molar-refractivity contribution in [1.82, 2.24) is 9.80 Å². The fourth-order valence-corrected chi connectivity index (χ4v) is 5.69. The number of nitrogens with zero attached hydrogens (tertiary/aromatic N) is 3. The van der Waals surface area contributed by atoms with Crippen molar-refractivity contribution in [1.29, 1.82) is 0 Å². The lowest BCUT2D eigenvalue weighted by atomic mass is 10.0. The van der Waals surface area contributed by atoms with Crippen LogP contribution in [0.5, 0.6) is 11.5 Å². The van der Waals surface area contributed by atoms with Crippen LogP contribution in [0.1, 0.15) is 25.3 Å². The largest absolute Gasteiger partial charge is 0.454 e. The van der Waals surface area contributed by atoms with E-state index >= 15 is 0 Å². The highest BCUT2D eigenvalue weighted by Gasteiger charge is 2.27. The molecule has 3 aliphatic rings. The number of ether oxygens (including phenoxy) is 2. The second kappa shape index (κ2) is 9.27. The summed E-state index contributed by atoms with van der Waals surface area (Å²) in [4.78, 5) is 17.3. The predicted molar refractivity (Wildman–Crippen MR) is 128 cm³/mol. The van der Waals surface area contributed by atoms with Crippen LogP contribution in [0.2, 0.25) is 0 Å². The van der Waals surface area contributed by atoms with E-state index in [1.807, 2.05) is 30.0 Å². The minimum atomic E-state index is -3.71. The van der Waals surface area contributed by atoms with Gasteiger partial charge in [-0.25, -0.2) is 0 Å². The number of benzene rings is 2. The number of carbonyl (C=O) groups is 1. The first kappa shape index (κ1) is 22.7. The van der Waals surface area contributed by atoms with Crippen molar-refractivity contribution in [3.63, 3.8) is 0 Å². The third-order valence-electron chi connectivity index (χ3n) is 6.31. The zero-order valence-corrected chi connectivity index (χ0v) is 19.9. The SMILES string of the molecule is C[C@H](CC(=O)N1CCN(Cc2ccc3c(c2)OCO3)CC1)CC1=NS(=O)(=O)c2ccccc2N1. The van der Waals surface area contributed by atoms with Gasteiger partial charge in [-0.2, -0.15) is 8.42 Å². The average Bonchev–Trinajstić information content (AvgIpc) is 3.27. The predicted octanol–water partition coefficient (Wildman–Crippen LogP) is 2.69. The highest BCUT2D eigenvalue weighted by molar-refractivity contribution is 7.90. The Morgan fingerprint density at radius 1 is 1.09 bits per heavy atom. The summed E-state index contributed by atoms with van der Waals surface area (Å²) in [5.41, 5.74) is 1.69. The van der Waals surface area contributed by atoms with Gasteiger partial charge in [-0.15, -0.1) is 4.40 Å². The summed E-state index contributed by atoms with van der Waals surface area (Å²) in [6.45, 7) is 5.98. The molecule has 5 rings (SSSR count). The van der Waals surface area contributed by atoms with Gasteiger partial charge in [0.05, 0.1) is 5.69 Å². The molecule has 10 heteroatoms. The molecule has 3 heterocycles. The number of rotatable bonds is 6. The maximum atomic E-state index is 12.9. The Balaban J connectivity index is 1.11. The van der Waals surface area contributed by atoms with Gasteiger partial charge in [0.1, 0.15) is 10.7 Å². The van der Waals surface area contributed by atoms with E-state index in [1.165, 1.54) is 6.07 Å². The number of hydrogen-bond acceptors (Lipinski definition) is 7. The van der Waals surface area contributed by atoms with E-state index in [2.05, 4.69) is 14.6 Å². The number of para-hydroxylation sites is 1. The molecule has 0 aromatic heterocycles. The van der Waals surface area contributed by atoms with Crippen molar-refractivity contribution in [2.75, 3.05) is 38.3 Å². The number of carbonyl (C=O) groups excluding carboxylic acids is 1. The van der Waals surface area contributed by atoms with Crippen LogP contribution in [0, 0.1) is 5.92 Å². The Labute approximate surface area is 199 Å². The average molecular weight is 485 g/mol. The second-order valence-electron chi connectivity index (χ2n) is 8.99. The molecular formula is C24H28N4O5S. The summed E-state index contributed by atoms with van der Waals surface area (Å²) in [7, 11) is -3.71. The number of hydrogen-bond donors (Lipinski definition) is 1. The van der Waals surface area contributed by atoms with E-state index < -0.39 is 10.0 Å². The Hall–Kier alpha value is -3.11. The van der Waals surface area contributed by atoms with Gasteiger partial charge in [0.25, 0.3) is 10.0 Å². The Kier molecular flexibility index (Phi) is 6.18. The van der Waals surface area contributed by atoms with E-state index in [0.717, 1.165) is 36.7 Å². The molecule has 3 aliphatic heterocycles. The number of amides is 1. The maximum absolute atomic E-state index is 12.9. The summed E-state index contributed by atoms with van der Waals surface area (Å²) in [5.74, 6) is 2.01. The van der Waals surface area contributed by atoms with E-state index in [1.54, 1.807) is 18.2 Å². The lowest BCUT2D eigenvalue weighted by Gasteiger charge is -2.35. The maximum Gasteiger partial charge on any atom is 0.286 e. The quantitative estimate of drug-likeness (QED) is 0.673. The van der Waals surface area contributed by atoms with Crippen LogP contribution in [-0.2, 0) is 21.4 Å². The van der Waals surface area contributed by atoms with E-state index in [0.29, 0.717) is 37.5 Å². The van der Waals surface area contributed by atoms with Crippen molar-refractivity contribution in [3.8, 4) is 11.5 Å². The molecule has 180 valence electrons. The topological polar surface area (TPSA) is 101 Å². The van der Waals surface area contributed by atoms with Crippen molar-refractivity contribution in [2.45, 2.75) is 31.2 Å². The molecule has 1 amide bonds. The number of piperazine rings is 1. The molecule has 2 aromatic carbocycles. The third-order valence-corrected chi connectivity index (χ3v) is 7.68. The highest BCUT2D eigenvalue weighted by atomic mass is 32.2. The Bertz CT molecular complexity index is 1220. The number of fused-ring (bicyclic) bond motifs is 2. The van der Waals surface area contributed by atoms with Crippen LogP contribution in [0.4, 0.5) is 5.69 Å². The van der Waals surface area contributed by atoms with Gasteiger partial charge in [0.2, 0.25) is 12.7 Å². The van der Waals surface area contributed by atoms with Crippen molar-refractivity contribution < 1.29 is 22.7 Å². The van der Waals surface area contributed by atoms with Crippen LogP contribution < -0.4 is 14.8 Å². The summed E-state index contributed by atoms with van der Waals surface area (Å²) >= 11 is 0. The molecule has 1 fully saturated rings. The molecule has 0 saturated carbocycles. The van der Waals surface area contributed by atoms with Crippen molar-refractivity contribution in [3.05, 3.63) is 48.0 Å². The summed E-state index contributed by atoms with van der Waals surface area (Å²) in [6, 6.07) is 12.7. The lowest BCUT2D eigenvalue weighted by Crippen LogP contribution is -2.48. The van der Waals surface area contributed by atoms with Gasteiger partial charge in [-0.05, 0) is 35.7 Å². The van der Waals surface area contributed by atoms with E-state index in [-0.39, 0.29) is 23.5 Å². The molecule has 0 bridgehead atoms. The number of amidine groups is 1. The Morgan fingerprint density at radius 2 is 1.85 bits per heavy atom. The van der Waals surface area contributed by atoms with Crippen LogP contribution in [0.3, 0.4) is 0 Å². The second-order valence-corrected chi connectivity index (χ2v) is 10.6. The zero-order valence-electron chi connectivity index (χ0n) is 19.1. The van der Waals surface area contributed by atoms with E-state index in [9.17, 15) is 13.2 Å². The van der Waals surface area contributed by atoms with Gasteiger partial charge in [0.15, 0.2) is 11.5 Å². The molecule has 0 unspecified atom stereocenters. The molecule has 0 spiro atoms. The van der Waals surface area contributed by atoms with Crippen LogP contribution >= 0.6 is 0 Å². The summed E-state index contributed by atoms with van der Waals surface area (Å²) in [5, 5.41) is 3.10. The Morgan fingerprint density at radius 3 is 2.68 bits per heavy atom. The molecule has 1 atom stereocenters. The molecule has 9 nitrogen and oxygen atoms in total. The summed E-state index contributed by atoms with van der Waals surface area (Å²) in [6.07, 6.45) is 0.744. The lowest BCUT2D eigenvalue weighted by molar-refractivity contribution is -0.133. The minimum absolute atomic E-state index is 0.0362. The van der Waals surface area contributed by atoms with Crippen LogP contribution in [0.25, 0.3) is 0 Å². The van der Waals surface area contributed by atoms with Gasteiger partial charge in [0, 0.05) is 45.6 Å². The highest BCUT2D eigenvalue weighted by Crippen LogP contribution is 2.33. The molecule has 2 aromatic rings. The number of nitrogens with one attached hydrogen (secondary N) is 1. The monoisotopic (exact) mass is 484 g/mol. The third kappa shape index (κ3) is 4.88. The van der Waals surface area contributed by atoms with E-state index in [4.69, 9.17) is 9.47 Å². The molecule has 34 heavy (non-hydrogen) atoms. The zero-order chi connectivity index (χ0) is 23.7. The minimum Gasteiger partial charge on any atom is -0.454 e. The number of anilines is 1. The first-order chi connectivity index (χ1) is 16.4. The van der Waals surface area contributed by atoms with Gasteiger partial charge in [-0.1, -0.05) is 25.1 Å². The number of sulfonamides is 1.